The molecule has 2 rings (SSSR count). The summed E-state index contributed by atoms with van der Waals surface area (Å²) in [4.78, 5) is 28.9. The van der Waals surface area contributed by atoms with Crippen molar-refractivity contribution in [1.29, 1.82) is 0 Å². The van der Waals surface area contributed by atoms with Crippen molar-refractivity contribution in [3.05, 3.63) is 35.9 Å². The summed E-state index contributed by atoms with van der Waals surface area (Å²) in [5.74, 6) is 0.196. The first kappa shape index (κ1) is 17.5. The van der Waals surface area contributed by atoms with Crippen molar-refractivity contribution in [2.75, 3.05) is 14.2 Å². The molecule has 0 aliphatic heterocycles. The third-order valence-corrected chi connectivity index (χ3v) is 4.48. The highest BCUT2D eigenvalue weighted by atomic mass is 16.7. The van der Waals surface area contributed by atoms with Crippen LogP contribution in [0.15, 0.2) is 30.3 Å². The number of carbonyl (C=O) groups is 2. The quantitative estimate of drug-likeness (QED) is 0.597. The molecule has 0 heterocycles. The number of nitrogens with zero attached hydrogens (tertiary/aromatic N) is 1. The molecule has 23 heavy (non-hydrogen) atoms. The van der Waals surface area contributed by atoms with E-state index in [2.05, 4.69) is 0 Å². The number of carbonyl (C=O) groups excluding carboxylic acids is 2. The van der Waals surface area contributed by atoms with Crippen LogP contribution in [0.3, 0.4) is 0 Å². The smallest absolute Gasteiger partial charge is 0.306 e. The summed E-state index contributed by atoms with van der Waals surface area (Å²) in [6.07, 6.45) is 3.82. The van der Waals surface area contributed by atoms with E-state index in [4.69, 9.17) is 9.57 Å². The second-order valence-corrected chi connectivity index (χ2v) is 6.09. The molecule has 1 aliphatic carbocycles. The monoisotopic (exact) mass is 319 g/mol. The molecule has 0 saturated heterocycles. The molecule has 5 nitrogen and oxygen atoms in total. The van der Waals surface area contributed by atoms with Crippen LogP contribution < -0.4 is 0 Å². The van der Waals surface area contributed by atoms with Gasteiger partial charge >= 0.3 is 5.97 Å². The first-order valence-electron chi connectivity index (χ1n) is 8.11. The second kappa shape index (κ2) is 8.67. The van der Waals surface area contributed by atoms with Gasteiger partial charge in [0.25, 0.3) is 0 Å². The Bertz CT molecular complexity index is 509. The normalized spacial score (nSPS) is 20.8. The van der Waals surface area contributed by atoms with Gasteiger partial charge in [0.15, 0.2) is 0 Å². The van der Waals surface area contributed by atoms with E-state index < -0.39 is 0 Å². The number of hydrogen-bond acceptors (Lipinski definition) is 4. The van der Waals surface area contributed by atoms with Crippen molar-refractivity contribution in [3.63, 3.8) is 0 Å². The van der Waals surface area contributed by atoms with Gasteiger partial charge in [0.1, 0.15) is 6.61 Å². The molecule has 0 N–H and O–H groups in total. The summed E-state index contributed by atoms with van der Waals surface area (Å²) in [5.41, 5.74) is 0.998. The maximum Gasteiger partial charge on any atom is 0.306 e. The van der Waals surface area contributed by atoms with E-state index in [1.54, 1.807) is 7.05 Å². The van der Waals surface area contributed by atoms with Crippen molar-refractivity contribution in [3.8, 4) is 0 Å². The standard InChI is InChI=1S/C18H25NO4/c1-19(22-2)18(21)16-10-8-14(9-11-16)12-17(20)23-13-15-6-4-3-5-7-15/h3-7,14,16H,8-13H2,1-2H3. The molecule has 1 aromatic carbocycles. The zero-order valence-electron chi connectivity index (χ0n) is 13.9. The maximum atomic E-state index is 12.0. The van der Waals surface area contributed by atoms with E-state index in [0.29, 0.717) is 18.9 Å². The molecule has 0 bridgehead atoms. The van der Waals surface area contributed by atoms with Crippen LogP contribution in [-0.2, 0) is 25.8 Å². The predicted octanol–water partition coefficient (Wildman–Crippen LogP) is 2.95. The Hall–Kier alpha value is -1.88. The van der Waals surface area contributed by atoms with Crippen molar-refractivity contribution in [1.82, 2.24) is 5.06 Å². The van der Waals surface area contributed by atoms with Gasteiger partial charge in [0.05, 0.1) is 7.11 Å². The lowest BCUT2D eigenvalue weighted by Crippen LogP contribution is -2.34. The predicted molar refractivity (Wildman–Crippen MR) is 86.1 cm³/mol. The third-order valence-electron chi connectivity index (χ3n) is 4.48. The van der Waals surface area contributed by atoms with Gasteiger partial charge in [-0.3, -0.25) is 14.4 Å². The average molecular weight is 319 g/mol. The zero-order valence-corrected chi connectivity index (χ0v) is 13.9. The van der Waals surface area contributed by atoms with Gasteiger partial charge in [-0.15, -0.1) is 0 Å². The van der Waals surface area contributed by atoms with Crippen LogP contribution in [0, 0.1) is 11.8 Å². The molecule has 1 saturated carbocycles. The van der Waals surface area contributed by atoms with E-state index in [-0.39, 0.29) is 17.8 Å². The fourth-order valence-corrected chi connectivity index (χ4v) is 2.99. The highest BCUT2D eigenvalue weighted by molar-refractivity contribution is 5.77. The molecule has 1 aliphatic rings. The molecule has 126 valence electrons. The van der Waals surface area contributed by atoms with E-state index in [9.17, 15) is 9.59 Å². The lowest BCUT2D eigenvalue weighted by molar-refractivity contribution is -0.174. The maximum absolute atomic E-state index is 12.0. The van der Waals surface area contributed by atoms with Crippen molar-refractivity contribution in [2.24, 2.45) is 11.8 Å². The molecule has 1 amide bonds. The number of hydroxylamine groups is 2. The summed E-state index contributed by atoms with van der Waals surface area (Å²) < 4.78 is 5.33. The van der Waals surface area contributed by atoms with Gasteiger partial charge in [-0.2, -0.15) is 0 Å². The average Bonchev–Trinajstić information content (AvgIpc) is 2.60. The van der Waals surface area contributed by atoms with Gasteiger partial charge in [-0.1, -0.05) is 30.3 Å². The van der Waals surface area contributed by atoms with Crippen LogP contribution in [-0.4, -0.2) is 31.1 Å². The SMILES string of the molecule is CON(C)C(=O)C1CCC(CC(=O)OCc2ccccc2)CC1. The number of hydrogen-bond donors (Lipinski definition) is 0. The van der Waals surface area contributed by atoms with E-state index in [1.165, 1.54) is 12.2 Å². The minimum atomic E-state index is -0.155. The van der Waals surface area contributed by atoms with Crippen LogP contribution in [0.25, 0.3) is 0 Å². The Morgan fingerprint density at radius 3 is 2.39 bits per heavy atom. The molecule has 0 unspecified atom stereocenters. The van der Waals surface area contributed by atoms with Crippen molar-refractivity contribution in [2.45, 2.75) is 38.7 Å². The van der Waals surface area contributed by atoms with Crippen LogP contribution in [0.2, 0.25) is 0 Å². The fraction of sp³-hybridized carbons (Fsp3) is 0.556. The number of esters is 1. The summed E-state index contributed by atoms with van der Waals surface area (Å²) >= 11 is 0. The zero-order chi connectivity index (χ0) is 16.7. The number of ether oxygens (including phenoxy) is 1. The Morgan fingerprint density at radius 1 is 1.13 bits per heavy atom. The summed E-state index contributed by atoms with van der Waals surface area (Å²) in [6.45, 7) is 0.326. The molecule has 0 spiro atoms. The molecule has 0 atom stereocenters. The van der Waals surface area contributed by atoms with Gasteiger partial charge < -0.3 is 4.74 Å². The van der Waals surface area contributed by atoms with E-state index in [0.717, 1.165) is 31.2 Å². The van der Waals surface area contributed by atoms with Gasteiger partial charge in [0, 0.05) is 19.4 Å². The molecular weight excluding hydrogens is 294 g/mol. The van der Waals surface area contributed by atoms with Gasteiger partial charge in [-0.25, -0.2) is 5.06 Å². The Kier molecular flexibility index (Phi) is 6.59. The molecular formula is C18H25NO4. The number of amides is 1. The van der Waals surface area contributed by atoms with Gasteiger partial charge in [0.2, 0.25) is 5.91 Å². The Morgan fingerprint density at radius 2 is 1.78 bits per heavy atom. The molecule has 1 aromatic rings. The van der Waals surface area contributed by atoms with Crippen molar-refractivity contribution < 1.29 is 19.2 Å². The minimum Gasteiger partial charge on any atom is -0.461 e. The fourth-order valence-electron chi connectivity index (χ4n) is 2.99. The highest BCUT2D eigenvalue weighted by Gasteiger charge is 2.29. The number of rotatable bonds is 6. The topological polar surface area (TPSA) is 55.8 Å². The minimum absolute atomic E-state index is 0.0107. The van der Waals surface area contributed by atoms with Crippen LogP contribution in [0.5, 0.6) is 0 Å². The van der Waals surface area contributed by atoms with E-state index >= 15 is 0 Å². The summed E-state index contributed by atoms with van der Waals surface area (Å²) in [7, 11) is 3.13. The van der Waals surface area contributed by atoms with Crippen LogP contribution >= 0.6 is 0 Å². The van der Waals surface area contributed by atoms with Crippen LogP contribution in [0.1, 0.15) is 37.7 Å². The number of benzene rings is 1. The Balaban J connectivity index is 1.69. The van der Waals surface area contributed by atoms with E-state index in [1.807, 2.05) is 30.3 Å². The van der Waals surface area contributed by atoms with Crippen molar-refractivity contribution >= 4 is 11.9 Å². The summed E-state index contributed by atoms with van der Waals surface area (Å²) in [6, 6.07) is 9.68. The first-order chi connectivity index (χ1) is 11.1. The first-order valence-corrected chi connectivity index (χ1v) is 8.11. The lowest BCUT2D eigenvalue weighted by Gasteiger charge is -2.29. The molecule has 0 aromatic heterocycles. The molecule has 0 radical (unpaired) electrons. The second-order valence-electron chi connectivity index (χ2n) is 6.09. The lowest BCUT2D eigenvalue weighted by atomic mass is 9.80. The summed E-state index contributed by atoms with van der Waals surface area (Å²) in [5, 5.41) is 1.29. The third kappa shape index (κ3) is 5.36. The Labute approximate surface area is 137 Å². The molecule has 1 fully saturated rings. The molecule has 5 heteroatoms. The van der Waals surface area contributed by atoms with Crippen LogP contribution in [0.4, 0.5) is 0 Å². The largest absolute Gasteiger partial charge is 0.461 e. The van der Waals surface area contributed by atoms with Gasteiger partial charge in [-0.05, 0) is 37.2 Å². The highest BCUT2D eigenvalue weighted by Crippen LogP contribution is 2.32.